The molecule has 0 saturated heterocycles. The number of hydrogen-bond donors (Lipinski definition) is 1. The molecule has 0 amide bonds. The van der Waals surface area contributed by atoms with Crippen LogP contribution in [0.2, 0.25) is 0 Å². The Morgan fingerprint density at radius 2 is 2.25 bits per heavy atom. The second-order valence-electron chi connectivity index (χ2n) is 3.79. The summed E-state index contributed by atoms with van der Waals surface area (Å²) >= 11 is 0. The highest BCUT2D eigenvalue weighted by Gasteiger charge is 2.09. The summed E-state index contributed by atoms with van der Waals surface area (Å²) in [5, 5.41) is 19.8. The molecule has 0 aliphatic rings. The van der Waals surface area contributed by atoms with Crippen LogP contribution in [0.3, 0.4) is 0 Å². The van der Waals surface area contributed by atoms with E-state index in [0.29, 0.717) is 12.0 Å². The lowest BCUT2D eigenvalue weighted by Crippen LogP contribution is -1.95. The molecule has 0 saturated carbocycles. The fraction of sp³-hybridized carbons (Fsp3) is 0.333. The maximum atomic E-state index is 10.7. The number of aliphatic hydroxyl groups is 1. The number of rotatable bonds is 4. The Hall–Kier alpha value is -1.68. The molecule has 0 heterocycles. The molecule has 0 fully saturated rings. The molecule has 0 aliphatic carbocycles. The number of nitrogens with zero attached hydrogens (tertiary/aromatic N) is 1. The Kier molecular flexibility index (Phi) is 4.19. The van der Waals surface area contributed by atoms with Gasteiger partial charge in [0, 0.05) is 11.6 Å². The van der Waals surface area contributed by atoms with Crippen molar-refractivity contribution in [3.8, 4) is 0 Å². The molecule has 1 rings (SSSR count). The number of nitro groups is 1. The maximum Gasteiger partial charge on any atom is 0.272 e. The van der Waals surface area contributed by atoms with E-state index in [4.69, 9.17) is 5.11 Å². The van der Waals surface area contributed by atoms with Gasteiger partial charge in [-0.15, -0.1) is 0 Å². The zero-order chi connectivity index (χ0) is 12.1. The van der Waals surface area contributed by atoms with Crippen LogP contribution in [0, 0.1) is 17.0 Å². The van der Waals surface area contributed by atoms with Crippen LogP contribution in [0.1, 0.15) is 24.5 Å². The predicted molar refractivity (Wildman–Crippen MR) is 63.2 cm³/mol. The molecule has 4 nitrogen and oxygen atoms in total. The van der Waals surface area contributed by atoms with Crippen molar-refractivity contribution in [3.63, 3.8) is 0 Å². The summed E-state index contributed by atoms with van der Waals surface area (Å²) in [6.45, 7) is 3.41. The molecule has 0 aromatic heterocycles. The highest BCUT2D eigenvalue weighted by molar-refractivity contribution is 5.55. The van der Waals surface area contributed by atoms with Crippen molar-refractivity contribution in [2.24, 2.45) is 0 Å². The van der Waals surface area contributed by atoms with Crippen molar-refractivity contribution in [1.82, 2.24) is 0 Å². The van der Waals surface area contributed by atoms with E-state index in [1.54, 1.807) is 32.1 Å². The van der Waals surface area contributed by atoms with Crippen LogP contribution >= 0.6 is 0 Å². The van der Waals surface area contributed by atoms with Crippen LogP contribution in [-0.2, 0) is 0 Å². The highest BCUT2D eigenvalue weighted by atomic mass is 16.6. The average Bonchev–Trinajstić information content (AvgIpc) is 2.19. The van der Waals surface area contributed by atoms with Crippen molar-refractivity contribution in [3.05, 3.63) is 45.5 Å². The second-order valence-corrected chi connectivity index (χ2v) is 3.79. The van der Waals surface area contributed by atoms with Crippen LogP contribution < -0.4 is 0 Å². The first-order valence-corrected chi connectivity index (χ1v) is 5.10. The van der Waals surface area contributed by atoms with Gasteiger partial charge < -0.3 is 5.11 Å². The number of benzene rings is 1. The SMILES string of the molecule is Cc1ccc(C=CCC(C)O)cc1[N+](=O)[O-]. The van der Waals surface area contributed by atoms with E-state index >= 15 is 0 Å². The van der Waals surface area contributed by atoms with E-state index in [0.717, 1.165) is 5.56 Å². The van der Waals surface area contributed by atoms with Gasteiger partial charge in [0.05, 0.1) is 11.0 Å². The van der Waals surface area contributed by atoms with E-state index in [2.05, 4.69) is 0 Å². The summed E-state index contributed by atoms with van der Waals surface area (Å²) in [5.41, 5.74) is 1.55. The Morgan fingerprint density at radius 1 is 1.56 bits per heavy atom. The van der Waals surface area contributed by atoms with E-state index < -0.39 is 6.10 Å². The largest absolute Gasteiger partial charge is 0.393 e. The summed E-state index contributed by atoms with van der Waals surface area (Å²) < 4.78 is 0. The Morgan fingerprint density at radius 3 is 2.81 bits per heavy atom. The molecule has 0 bridgehead atoms. The molecule has 1 atom stereocenters. The second kappa shape index (κ2) is 5.42. The summed E-state index contributed by atoms with van der Waals surface area (Å²) in [6, 6.07) is 5.08. The van der Waals surface area contributed by atoms with Crippen molar-refractivity contribution < 1.29 is 10.0 Å². The molecule has 1 aromatic carbocycles. The van der Waals surface area contributed by atoms with Crippen molar-refractivity contribution in [2.45, 2.75) is 26.4 Å². The third-order valence-corrected chi connectivity index (χ3v) is 2.22. The van der Waals surface area contributed by atoms with E-state index in [1.807, 2.05) is 6.07 Å². The zero-order valence-corrected chi connectivity index (χ0v) is 9.38. The lowest BCUT2D eigenvalue weighted by atomic mass is 10.1. The third kappa shape index (κ3) is 3.47. The van der Waals surface area contributed by atoms with Crippen LogP contribution in [0.25, 0.3) is 6.08 Å². The Bertz CT molecular complexity index is 411. The lowest BCUT2D eigenvalue weighted by Gasteiger charge is -1.99. The van der Waals surface area contributed by atoms with Crippen LogP contribution in [-0.4, -0.2) is 16.1 Å². The highest BCUT2D eigenvalue weighted by Crippen LogP contribution is 2.20. The molecule has 4 heteroatoms. The molecule has 0 radical (unpaired) electrons. The molecule has 1 unspecified atom stereocenters. The third-order valence-electron chi connectivity index (χ3n) is 2.22. The number of aliphatic hydroxyl groups excluding tert-OH is 1. The first kappa shape index (κ1) is 12.4. The van der Waals surface area contributed by atoms with Gasteiger partial charge in [0.2, 0.25) is 0 Å². The Balaban J connectivity index is 2.87. The number of hydrogen-bond acceptors (Lipinski definition) is 3. The van der Waals surface area contributed by atoms with Gasteiger partial charge in [-0.2, -0.15) is 0 Å². The molecule has 86 valence electrons. The molecule has 0 spiro atoms. The first-order chi connectivity index (χ1) is 7.50. The quantitative estimate of drug-likeness (QED) is 0.628. The number of aryl methyl sites for hydroxylation is 1. The van der Waals surface area contributed by atoms with Gasteiger partial charge in [0.15, 0.2) is 0 Å². The van der Waals surface area contributed by atoms with Crippen LogP contribution in [0.4, 0.5) is 5.69 Å². The standard InChI is InChI=1S/C12H15NO3/c1-9-6-7-11(5-3-4-10(2)14)8-12(9)13(15)16/h3,5-8,10,14H,4H2,1-2H3. The summed E-state index contributed by atoms with van der Waals surface area (Å²) in [4.78, 5) is 10.3. The normalized spacial score (nSPS) is 12.9. The van der Waals surface area contributed by atoms with E-state index in [-0.39, 0.29) is 10.6 Å². The van der Waals surface area contributed by atoms with Crippen LogP contribution in [0.5, 0.6) is 0 Å². The minimum absolute atomic E-state index is 0.124. The van der Waals surface area contributed by atoms with E-state index in [1.165, 1.54) is 6.07 Å². The van der Waals surface area contributed by atoms with Crippen molar-refractivity contribution in [1.29, 1.82) is 0 Å². The van der Waals surface area contributed by atoms with Crippen molar-refractivity contribution >= 4 is 11.8 Å². The molecule has 0 aliphatic heterocycles. The maximum absolute atomic E-state index is 10.7. The fourth-order valence-electron chi connectivity index (χ4n) is 1.33. The molecular weight excluding hydrogens is 206 g/mol. The minimum atomic E-state index is -0.392. The smallest absolute Gasteiger partial charge is 0.272 e. The summed E-state index contributed by atoms with van der Waals surface area (Å²) in [5.74, 6) is 0. The van der Waals surface area contributed by atoms with E-state index in [9.17, 15) is 10.1 Å². The predicted octanol–water partition coefficient (Wildman–Crippen LogP) is 2.69. The molecule has 1 aromatic rings. The zero-order valence-electron chi connectivity index (χ0n) is 9.38. The van der Waals surface area contributed by atoms with Crippen molar-refractivity contribution in [2.75, 3.05) is 0 Å². The monoisotopic (exact) mass is 221 g/mol. The van der Waals surface area contributed by atoms with Gasteiger partial charge in [0.1, 0.15) is 0 Å². The molecule has 16 heavy (non-hydrogen) atoms. The van der Waals surface area contributed by atoms with Gasteiger partial charge in [-0.05, 0) is 25.8 Å². The minimum Gasteiger partial charge on any atom is -0.393 e. The van der Waals surface area contributed by atoms with Gasteiger partial charge in [-0.1, -0.05) is 24.3 Å². The van der Waals surface area contributed by atoms with Gasteiger partial charge >= 0.3 is 0 Å². The summed E-state index contributed by atoms with van der Waals surface area (Å²) in [6.07, 6.45) is 3.73. The Labute approximate surface area is 94.4 Å². The first-order valence-electron chi connectivity index (χ1n) is 5.10. The van der Waals surface area contributed by atoms with Crippen LogP contribution in [0.15, 0.2) is 24.3 Å². The average molecular weight is 221 g/mol. The molecular formula is C12H15NO3. The molecule has 1 N–H and O–H groups in total. The van der Waals surface area contributed by atoms with Gasteiger partial charge in [-0.25, -0.2) is 0 Å². The fourth-order valence-corrected chi connectivity index (χ4v) is 1.33. The topological polar surface area (TPSA) is 63.4 Å². The summed E-state index contributed by atoms with van der Waals surface area (Å²) in [7, 11) is 0. The number of nitro benzene ring substituents is 1. The van der Waals surface area contributed by atoms with Gasteiger partial charge in [-0.3, -0.25) is 10.1 Å². The lowest BCUT2D eigenvalue weighted by molar-refractivity contribution is -0.385. The van der Waals surface area contributed by atoms with Gasteiger partial charge in [0.25, 0.3) is 5.69 Å².